The van der Waals surface area contributed by atoms with Gasteiger partial charge >= 0.3 is 0 Å². The van der Waals surface area contributed by atoms with Crippen LogP contribution in [0.25, 0.3) is 0 Å². The number of nitrogen functional groups attached to an aromatic ring is 1. The molecule has 0 aliphatic heterocycles. The smallest absolute Gasteiger partial charge is 0.232 e. The molecule has 0 aliphatic carbocycles. The monoisotopic (exact) mass is 405 g/mol. The highest BCUT2D eigenvalue weighted by atomic mass is 32.2. The summed E-state index contributed by atoms with van der Waals surface area (Å²) in [5, 5.41) is 11.5. The van der Waals surface area contributed by atoms with E-state index >= 15 is 0 Å². The van der Waals surface area contributed by atoms with Crippen molar-refractivity contribution in [3.63, 3.8) is 0 Å². The molecule has 0 amide bonds. The molecule has 7 nitrogen and oxygen atoms in total. The Morgan fingerprint density at radius 3 is 2.50 bits per heavy atom. The van der Waals surface area contributed by atoms with Crippen molar-refractivity contribution in [3.8, 4) is 0 Å². The molecule has 1 aromatic carbocycles. The maximum absolute atomic E-state index is 5.82. The predicted molar refractivity (Wildman–Crippen MR) is 109 cm³/mol. The van der Waals surface area contributed by atoms with Crippen molar-refractivity contribution in [3.05, 3.63) is 35.7 Å². The summed E-state index contributed by atoms with van der Waals surface area (Å²) in [4.78, 5) is 12.8. The predicted octanol–water partition coefficient (Wildman–Crippen LogP) is 4.15. The number of aromatic nitrogens is 5. The lowest BCUT2D eigenvalue weighted by Gasteiger charge is -2.07. The van der Waals surface area contributed by atoms with Gasteiger partial charge in [0.1, 0.15) is 5.82 Å². The molecule has 0 aliphatic rings. The molecule has 2 aromatic heterocycles. The Labute approximate surface area is 164 Å². The Kier molecular flexibility index (Phi) is 6.64. The summed E-state index contributed by atoms with van der Waals surface area (Å²) in [5.41, 5.74) is 7.92. The molecular formula is C16H19N7S3. The number of nitrogens with two attached hydrogens (primary N) is 1. The molecule has 0 spiro atoms. The molecule has 0 bridgehead atoms. The minimum absolute atomic E-state index is 0.196. The first kappa shape index (κ1) is 18.9. The first-order valence-electron chi connectivity index (χ1n) is 8.05. The topological polar surface area (TPSA) is 102 Å². The molecule has 26 heavy (non-hydrogen) atoms. The Morgan fingerprint density at radius 1 is 1.04 bits per heavy atom. The lowest BCUT2D eigenvalue weighted by atomic mass is 10.2. The summed E-state index contributed by atoms with van der Waals surface area (Å²) in [7, 11) is 0. The molecule has 0 saturated heterocycles. The van der Waals surface area contributed by atoms with Gasteiger partial charge in [0.2, 0.25) is 11.9 Å². The van der Waals surface area contributed by atoms with E-state index in [1.807, 2.05) is 31.2 Å². The molecule has 3 aromatic rings. The Balaban J connectivity index is 1.63. The molecule has 0 unspecified atom stereocenters. The van der Waals surface area contributed by atoms with E-state index in [1.54, 1.807) is 34.9 Å². The van der Waals surface area contributed by atoms with Gasteiger partial charge < -0.3 is 11.1 Å². The first-order valence-corrected chi connectivity index (χ1v) is 10.8. The molecule has 3 rings (SSSR count). The fourth-order valence-electron chi connectivity index (χ4n) is 1.95. The van der Waals surface area contributed by atoms with Crippen LogP contribution in [0.4, 0.5) is 17.6 Å². The van der Waals surface area contributed by atoms with Crippen LogP contribution >= 0.6 is 34.9 Å². The van der Waals surface area contributed by atoms with Gasteiger partial charge in [0, 0.05) is 11.4 Å². The molecule has 2 heterocycles. The van der Waals surface area contributed by atoms with Crippen LogP contribution in [0, 0.1) is 6.92 Å². The minimum atomic E-state index is 0.196. The minimum Gasteiger partial charge on any atom is -0.368 e. The first-order chi connectivity index (χ1) is 12.6. The van der Waals surface area contributed by atoms with Gasteiger partial charge in [-0.05, 0) is 25.5 Å². The van der Waals surface area contributed by atoms with Crippen LogP contribution in [0.1, 0.15) is 24.7 Å². The van der Waals surface area contributed by atoms with Crippen molar-refractivity contribution in [1.29, 1.82) is 0 Å². The molecule has 3 N–H and O–H groups in total. The maximum Gasteiger partial charge on any atom is 0.232 e. The van der Waals surface area contributed by atoms with E-state index in [-0.39, 0.29) is 5.95 Å². The summed E-state index contributed by atoms with van der Waals surface area (Å²) in [6, 6.07) is 7.99. The van der Waals surface area contributed by atoms with E-state index < -0.39 is 0 Å². The number of hydrogen-bond donors (Lipinski definition) is 2. The number of aryl methyl sites for hydroxylation is 1. The fourth-order valence-corrected chi connectivity index (χ4v) is 4.75. The van der Waals surface area contributed by atoms with Crippen molar-refractivity contribution in [1.82, 2.24) is 25.1 Å². The third-order valence-electron chi connectivity index (χ3n) is 3.15. The molecular weight excluding hydrogens is 386 g/mol. The fraction of sp³-hybridized carbons (Fsp3) is 0.312. The summed E-state index contributed by atoms with van der Waals surface area (Å²) in [6.45, 7) is 4.19. The molecule has 10 heteroatoms. The van der Waals surface area contributed by atoms with Gasteiger partial charge in [-0.3, -0.25) is 0 Å². The van der Waals surface area contributed by atoms with E-state index in [0.29, 0.717) is 17.5 Å². The summed E-state index contributed by atoms with van der Waals surface area (Å²) in [6.07, 6.45) is 1.12. The lowest BCUT2D eigenvalue weighted by molar-refractivity contribution is 0.947. The number of rotatable bonds is 8. The molecule has 0 atom stereocenters. The van der Waals surface area contributed by atoms with E-state index in [0.717, 1.165) is 26.5 Å². The third-order valence-corrected chi connectivity index (χ3v) is 6.54. The quantitative estimate of drug-likeness (QED) is 0.535. The van der Waals surface area contributed by atoms with Gasteiger partial charge in [-0.25, -0.2) is 0 Å². The van der Waals surface area contributed by atoms with E-state index in [4.69, 9.17) is 5.73 Å². The maximum atomic E-state index is 5.82. The second-order valence-corrected chi connectivity index (χ2v) is 8.94. The summed E-state index contributed by atoms with van der Waals surface area (Å²) in [5.74, 6) is 2.85. The van der Waals surface area contributed by atoms with Gasteiger partial charge in [-0.2, -0.15) is 15.0 Å². The number of nitrogens with zero attached hydrogens (tertiary/aromatic N) is 5. The number of hydrogen-bond acceptors (Lipinski definition) is 10. The van der Waals surface area contributed by atoms with Gasteiger partial charge in [0.15, 0.2) is 8.68 Å². The van der Waals surface area contributed by atoms with Crippen LogP contribution in [-0.4, -0.2) is 30.9 Å². The third kappa shape index (κ3) is 5.55. The van der Waals surface area contributed by atoms with Crippen molar-refractivity contribution < 1.29 is 0 Å². The second kappa shape index (κ2) is 9.15. The number of thioether (sulfide) groups is 2. The zero-order valence-corrected chi connectivity index (χ0v) is 16.9. The number of nitrogens with one attached hydrogen (secondary N) is 1. The van der Waals surface area contributed by atoms with Crippen molar-refractivity contribution in [2.24, 2.45) is 0 Å². The van der Waals surface area contributed by atoms with Crippen LogP contribution < -0.4 is 11.1 Å². The Hall–Kier alpha value is -1.91. The normalized spacial score (nSPS) is 10.8. The highest BCUT2D eigenvalue weighted by molar-refractivity contribution is 8.02. The van der Waals surface area contributed by atoms with Crippen LogP contribution in [0.3, 0.4) is 0 Å². The van der Waals surface area contributed by atoms with E-state index in [1.165, 1.54) is 5.56 Å². The van der Waals surface area contributed by atoms with Gasteiger partial charge in [-0.1, -0.05) is 59.5 Å². The van der Waals surface area contributed by atoms with Crippen LogP contribution in [0.15, 0.2) is 32.9 Å². The van der Waals surface area contributed by atoms with Gasteiger partial charge in [-0.15, -0.1) is 10.2 Å². The highest BCUT2D eigenvalue weighted by Crippen LogP contribution is 2.30. The van der Waals surface area contributed by atoms with Crippen LogP contribution in [0.5, 0.6) is 0 Å². The van der Waals surface area contributed by atoms with Gasteiger partial charge in [0.05, 0.1) is 5.75 Å². The molecule has 136 valence electrons. The zero-order chi connectivity index (χ0) is 18.4. The Bertz CT molecular complexity index is 851. The van der Waals surface area contributed by atoms with Crippen molar-refractivity contribution >= 4 is 52.4 Å². The molecule has 0 radical (unpaired) electrons. The number of benzene rings is 1. The highest BCUT2D eigenvalue weighted by Gasteiger charge is 2.09. The Morgan fingerprint density at radius 2 is 1.77 bits per heavy atom. The molecule has 0 fully saturated rings. The zero-order valence-electron chi connectivity index (χ0n) is 14.5. The van der Waals surface area contributed by atoms with Crippen LogP contribution in [-0.2, 0) is 5.75 Å². The number of anilines is 3. The standard InChI is InChI=1S/C16H19N7S3/c1-3-8-24-15-22-23-16(26-15)25-9-12-19-13(17)21-14(20-12)18-11-6-4-10(2)5-7-11/h4-7H,3,8-9H2,1-2H3,(H3,17,18,19,20,21). The molecule has 0 saturated carbocycles. The summed E-state index contributed by atoms with van der Waals surface area (Å²) < 4.78 is 1.89. The average molecular weight is 406 g/mol. The SMILES string of the molecule is CCCSc1nnc(SCc2nc(N)nc(Nc3ccc(C)cc3)n2)s1. The van der Waals surface area contributed by atoms with Crippen molar-refractivity contribution in [2.75, 3.05) is 16.8 Å². The average Bonchev–Trinajstić information content (AvgIpc) is 3.08. The largest absolute Gasteiger partial charge is 0.368 e. The van der Waals surface area contributed by atoms with Crippen LogP contribution in [0.2, 0.25) is 0 Å². The van der Waals surface area contributed by atoms with Crippen molar-refractivity contribution in [2.45, 2.75) is 34.7 Å². The lowest BCUT2D eigenvalue weighted by Crippen LogP contribution is -2.06. The van der Waals surface area contributed by atoms with E-state index in [9.17, 15) is 0 Å². The summed E-state index contributed by atoms with van der Waals surface area (Å²) >= 11 is 4.87. The second-order valence-electron chi connectivity index (χ2n) is 5.40. The van der Waals surface area contributed by atoms with Gasteiger partial charge in [0.25, 0.3) is 0 Å². The van der Waals surface area contributed by atoms with E-state index in [2.05, 4.69) is 37.4 Å².